The van der Waals surface area contributed by atoms with Gasteiger partial charge < -0.3 is 20.7 Å². The number of rotatable bonds is 9. The topological polar surface area (TPSA) is 206 Å². The second kappa shape index (κ2) is 13.8. The van der Waals surface area contributed by atoms with E-state index in [4.69, 9.17) is 49.1 Å². The minimum atomic E-state index is -5.08. The molecular formula is C19H21Cl2F3N6O7S. The van der Waals surface area contributed by atoms with Crippen molar-refractivity contribution in [2.24, 2.45) is 5.73 Å². The van der Waals surface area contributed by atoms with E-state index in [0.717, 1.165) is 4.57 Å². The van der Waals surface area contributed by atoms with Gasteiger partial charge in [0.25, 0.3) is 15.6 Å². The number of guanidine groups is 1. The lowest BCUT2D eigenvalue weighted by atomic mass is 10.3. The number of pyridine rings is 1. The van der Waals surface area contributed by atoms with Crippen LogP contribution in [-0.4, -0.2) is 55.3 Å². The van der Waals surface area contributed by atoms with Crippen LogP contribution >= 0.6 is 23.2 Å². The number of amides is 1. The number of anilines is 1. The van der Waals surface area contributed by atoms with Crippen molar-refractivity contribution in [3.63, 3.8) is 0 Å². The number of aromatic nitrogens is 1. The van der Waals surface area contributed by atoms with Gasteiger partial charge in [-0.15, -0.1) is 0 Å². The number of carbonyl (C=O) groups excluding carboxylic acids is 1. The van der Waals surface area contributed by atoms with Crippen LogP contribution in [0.5, 0.6) is 0 Å². The Morgan fingerprint density at radius 1 is 1.21 bits per heavy atom. The van der Waals surface area contributed by atoms with Gasteiger partial charge in [0.2, 0.25) is 11.9 Å². The normalized spacial score (nSPS) is 11.1. The number of alkyl halides is 3. The number of nitrogens with zero attached hydrogens (tertiary/aromatic N) is 1. The maximum Gasteiger partial charge on any atom is 0.490 e. The Morgan fingerprint density at radius 2 is 1.82 bits per heavy atom. The first-order valence-corrected chi connectivity index (χ1v) is 12.2. The number of aliphatic carboxylic acids is 1. The number of benzene rings is 1. The zero-order chi connectivity index (χ0) is 29.3. The molecule has 0 aliphatic heterocycles. The predicted molar refractivity (Wildman–Crippen MR) is 130 cm³/mol. The summed E-state index contributed by atoms with van der Waals surface area (Å²) in [6.45, 7) is 1.38. The van der Waals surface area contributed by atoms with Crippen molar-refractivity contribution in [2.75, 3.05) is 17.9 Å². The first-order valence-electron chi connectivity index (χ1n) is 9.92. The van der Waals surface area contributed by atoms with E-state index < -0.39 is 33.6 Å². The molecule has 38 heavy (non-hydrogen) atoms. The van der Waals surface area contributed by atoms with Crippen molar-refractivity contribution in [1.29, 1.82) is 5.41 Å². The molecule has 19 heteroatoms. The molecular weight excluding hydrogens is 584 g/mol. The zero-order valence-corrected chi connectivity index (χ0v) is 21.6. The summed E-state index contributed by atoms with van der Waals surface area (Å²) in [6.07, 6.45) is -5.08. The van der Waals surface area contributed by atoms with Crippen LogP contribution in [0.15, 0.2) is 40.0 Å². The lowest BCUT2D eigenvalue weighted by molar-refractivity contribution is -0.192. The van der Waals surface area contributed by atoms with Gasteiger partial charge >= 0.3 is 12.1 Å². The molecule has 0 saturated heterocycles. The Labute approximate surface area is 223 Å². The fraction of sp³-hybridized carbons (Fsp3) is 0.263. The third-order valence-electron chi connectivity index (χ3n) is 4.07. The van der Waals surface area contributed by atoms with Crippen LogP contribution in [0, 0.1) is 12.3 Å². The van der Waals surface area contributed by atoms with Crippen LogP contribution in [0.1, 0.15) is 5.69 Å². The maximum atomic E-state index is 12.8. The van der Waals surface area contributed by atoms with E-state index in [1.807, 2.05) is 0 Å². The van der Waals surface area contributed by atoms with E-state index in [-0.39, 0.29) is 46.3 Å². The molecule has 0 aliphatic carbocycles. The van der Waals surface area contributed by atoms with Crippen molar-refractivity contribution in [1.82, 2.24) is 15.4 Å². The maximum absolute atomic E-state index is 12.8. The number of nitrogens with two attached hydrogens (primary N) is 1. The van der Waals surface area contributed by atoms with E-state index in [0.29, 0.717) is 5.69 Å². The molecule has 0 spiro atoms. The Kier molecular flexibility index (Phi) is 11.8. The first-order chi connectivity index (χ1) is 17.5. The van der Waals surface area contributed by atoms with Crippen molar-refractivity contribution in [2.45, 2.75) is 24.5 Å². The van der Waals surface area contributed by atoms with Crippen LogP contribution in [0.3, 0.4) is 0 Å². The van der Waals surface area contributed by atoms with E-state index in [2.05, 4.69) is 15.5 Å². The first kappa shape index (κ1) is 32.5. The monoisotopic (exact) mass is 604 g/mol. The molecule has 1 aromatic heterocycles. The largest absolute Gasteiger partial charge is 0.490 e. The van der Waals surface area contributed by atoms with Crippen LogP contribution in [0.4, 0.5) is 18.9 Å². The molecule has 0 saturated carbocycles. The average molecular weight is 605 g/mol. The number of hydrogen-bond donors (Lipinski definition) is 6. The summed E-state index contributed by atoms with van der Waals surface area (Å²) < 4.78 is 60.3. The van der Waals surface area contributed by atoms with Crippen molar-refractivity contribution in [3.8, 4) is 0 Å². The Hall–Kier alpha value is -3.54. The predicted octanol–water partition coefficient (Wildman–Crippen LogP) is 1.43. The second-order valence-corrected chi connectivity index (χ2v) is 9.47. The zero-order valence-electron chi connectivity index (χ0n) is 19.2. The summed E-state index contributed by atoms with van der Waals surface area (Å²) in [7, 11) is -4.17. The molecule has 0 aliphatic rings. The van der Waals surface area contributed by atoms with Gasteiger partial charge in [-0.1, -0.05) is 23.2 Å². The lowest BCUT2D eigenvalue weighted by Crippen LogP contribution is -2.37. The Bertz CT molecular complexity index is 1350. The number of nitrogens with one attached hydrogen (secondary N) is 4. The molecule has 210 valence electrons. The molecule has 2 aromatic rings. The highest BCUT2D eigenvalue weighted by Crippen LogP contribution is 2.26. The molecule has 0 atom stereocenters. The van der Waals surface area contributed by atoms with E-state index in [1.54, 1.807) is 6.92 Å². The lowest BCUT2D eigenvalue weighted by Gasteiger charge is -2.14. The van der Waals surface area contributed by atoms with Crippen molar-refractivity contribution >= 4 is 56.7 Å². The van der Waals surface area contributed by atoms with E-state index in [1.165, 1.54) is 30.3 Å². The molecule has 1 amide bonds. The molecule has 2 rings (SSSR count). The number of sulfonamides is 1. The highest BCUT2D eigenvalue weighted by atomic mass is 35.5. The second-order valence-electron chi connectivity index (χ2n) is 6.98. The van der Waals surface area contributed by atoms with Gasteiger partial charge in [-0.2, -0.15) is 13.2 Å². The summed E-state index contributed by atoms with van der Waals surface area (Å²) in [5, 5.41) is 16.7. The smallest absolute Gasteiger partial charge is 0.475 e. The van der Waals surface area contributed by atoms with Gasteiger partial charge in [0.1, 0.15) is 17.1 Å². The molecule has 13 nitrogen and oxygen atoms in total. The van der Waals surface area contributed by atoms with Gasteiger partial charge in [0.15, 0.2) is 0 Å². The van der Waals surface area contributed by atoms with Gasteiger partial charge in [-0.25, -0.2) is 18.7 Å². The SMILES string of the molecule is Cc1ccc(NS(=O)(=O)c2ccc(Cl)cc2Cl)c(=O)n1CC(=O)NCCONC(=N)N.O=C(O)C(F)(F)F. The molecule has 0 radical (unpaired) electrons. The number of hydroxylamine groups is 1. The quantitative estimate of drug-likeness (QED) is 0.106. The van der Waals surface area contributed by atoms with Crippen molar-refractivity contribution in [3.05, 3.63) is 56.4 Å². The Balaban J connectivity index is 0.000000905. The summed E-state index contributed by atoms with van der Waals surface area (Å²) >= 11 is 11.7. The summed E-state index contributed by atoms with van der Waals surface area (Å²) in [4.78, 5) is 38.3. The summed E-state index contributed by atoms with van der Waals surface area (Å²) in [6, 6.07) is 6.64. The fourth-order valence-corrected chi connectivity index (χ4v) is 4.24. The number of aryl methyl sites for hydroxylation is 1. The minimum absolute atomic E-state index is 0.0287. The van der Waals surface area contributed by atoms with Crippen LogP contribution < -0.4 is 26.8 Å². The van der Waals surface area contributed by atoms with Gasteiger partial charge in [0.05, 0.1) is 11.6 Å². The third-order valence-corrected chi connectivity index (χ3v) is 6.16. The summed E-state index contributed by atoms with van der Waals surface area (Å²) in [5.74, 6) is -3.64. The average Bonchev–Trinajstić information content (AvgIpc) is 2.77. The number of carbonyl (C=O) groups is 2. The van der Waals surface area contributed by atoms with Gasteiger partial charge in [-0.05, 0) is 37.3 Å². The van der Waals surface area contributed by atoms with E-state index >= 15 is 0 Å². The standard InChI is InChI=1S/C17H20Cl2N6O5S.C2HF3O2/c1-10-2-4-13(24-31(28,29)14-5-3-11(18)8-12(14)19)16(27)25(10)9-15(26)22-6-7-30-23-17(20)21;3-2(4,5)1(6)7/h2-5,8,24H,6-7,9H2,1H3,(H,22,26)(H4,20,21,23);(H,6,7). The van der Waals surface area contributed by atoms with Crippen LogP contribution in [0.25, 0.3) is 0 Å². The van der Waals surface area contributed by atoms with Crippen LogP contribution in [-0.2, 0) is 31.0 Å². The molecule has 0 fully saturated rings. The van der Waals surface area contributed by atoms with Crippen molar-refractivity contribution < 1.29 is 41.1 Å². The molecule has 7 N–H and O–H groups in total. The molecule has 0 unspecified atom stereocenters. The van der Waals surface area contributed by atoms with Crippen LogP contribution in [0.2, 0.25) is 10.0 Å². The fourth-order valence-electron chi connectivity index (χ4n) is 2.41. The molecule has 0 bridgehead atoms. The highest BCUT2D eigenvalue weighted by Gasteiger charge is 2.38. The Morgan fingerprint density at radius 3 is 2.34 bits per heavy atom. The van der Waals surface area contributed by atoms with Gasteiger partial charge in [-0.3, -0.25) is 24.6 Å². The molecule has 1 aromatic carbocycles. The number of halogens is 5. The summed E-state index contributed by atoms with van der Waals surface area (Å²) in [5.41, 5.74) is 6.63. The number of hydrogen-bond acceptors (Lipinski definition) is 7. The number of carboxylic acids is 1. The number of carboxylic acid groups (broad SMARTS) is 1. The minimum Gasteiger partial charge on any atom is -0.475 e. The van der Waals surface area contributed by atoms with Gasteiger partial charge in [0, 0.05) is 17.3 Å². The van der Waals surface area contributed by atoms with E-state index in [9.17, 15) is 31.2 Å². The molecule has 1 heterocycles. The highest BCUT2D eigenvalue weighted by molar-refractivity contribution is 7.92. The third kappa shape index (κ3) is 10.4.